The number of aliphatic hydroxyl groups is 1. The van der Waals surface area contributed by atoms with Crippen LogP contribution in [0.15, 0.2) is 12.1 Å². The third-order valence-corrected chi connectivity index (χ3v) is 3.02. The van der Waals surface area contributed by atoms with Gasteiger partial charge in [-0.25, -0.2) is 9.78 Å². The van der Waals surface area contributed by atoms with Crippen LogP contribution in [0.4, 0.5) is 10.6 Å². The van der Waals surface area contributed by atoms with Gasteiger partial charge in [-0.2, -0.15) is 0 Å². The van der Waals surface area contributed by atoms with Crippen molar-refractivity contribution < 1.29 is 9.90 Å². The minimum absolute atomic E-state index is 0.189. The van der Waals surface area contributed by atoms with E-state index in [1.54, 1.807) is 4.90 Å². The first-order valence-electron chi connectivity index (χ1n) is 6.24. The SMILES string of the molecule is Cc1cc(C)nc(NC(=O)N2CCCC(O)C2)c1. The van der Waals surface area contributed by atoms with Gasteiger partial charge >= 0.3 is 6.03 Å². The van der Waals surface area contributed by atoms with E-state index in [9.17, 15) is 9.90 Å². The number of carbonyl (C=O) groups is 1. The summed E-state index contributed by atoms with van der Waals surface area (Å²) in [6, 6.07) is 3.61. The molecule has 98 valence electrons. The van der Waals surface area contributed by atoms with Crippen molar-refractivity contribution in [3.05, 3.63) is 23.4 Å². The highest BCUT2D eigenvalue weighted by molar-refractivity contribution is 5.88. The highest BCUT2D eigenvalue weighted by Crippen LogP contribution is 2.13. The molecule has 1 unspecified atom stereocenters. The molecular weight excluding hydrogens is 230 g/mol. The zero-order valence-corrected chi connectivity index (χ0v) is 10.8. The molecule has 0 radical (unpaired) electrons. The molecule has 0 aliphatic carbocycles. The Morgan fingerprint density at radius 3 is 2.94 bits per heavy atom. The number of carbonyl (C=O) groups excluding carboxylic acids is 1. The van der Waals surface area contributed by atoms with Crippen molar-refractivity contribution in [3.63, 3.8) is 0 Å². The fourth-order valence-corrected chi connectivity index (χ4v) is 2.23. The number of nitrogens with zero attached hydrogens (tertiary/aromatic N) is 2. The average Bonchev–Trinajstić information content (AvgIpc) is 2.27. The van der Waals surface area contributed by atoms with Gasteiger partial charge in [-0.15, -0.1) is 0 Å². The van der Waals surface area contributed by atoms with Crippen LogP contribution in [-0.2, 0) is 0 Å². The number of nitrogens with one attached hydrogen (secondary N) is 1. The molecule has 1 aromatic heterocycles. The number of urea groups is 1. The summed E-state index contributed by atoms with van der Waals surface area (Å²) in [5, 5.41) is 12.3. The van der Waals surface area contributed by atoms with Crippen LogP contribution in [0.5, 0.6) is 0 Å². The lowest BCUT2D eigenvalue weighted by atomic mass is 10.1. The lowest BCUT2D eigenvalue weighted by Crippen LogP contribution is -2.44. The number of rotatable bonds is 1. The Bertz CT molecular complexity index is 428. The van der Waals surface area contributed by atoms with Crippen LogP contribution in [0.1, 0.15) is 24.1 Å². The van der Waals surface area contributed by atoms with Crippen LogP contribution >= 0.6 is 0 Å². The standard InChI is InChI=1S/C13H19N3O2/c1-9-6-10(2)14-12(7-9)15-13(18)16-5-3-4-11(17)8-16/h6-7,11,17H,3-5,8H2,1-2H3,(H,14,15,18). The van der Waals surface area contributed by atoms with E-state index in [4.69, 9.17) is 0 Å². The first kappa shape index (κ1) is 12.8. The predicted octanol–water partition coefficient (Wildman–Crippen LogP) is 1.69. The van der Waals surface area contributed by atoms with Crippen LogP contribution in [0.2, 0.25) is 0 Å². The van der Waals surface area contributed by atoms with Gasteiger partial charge in [0.25, 0.3) is 0 Å². The van der Waals surface area contributed by atoms with Gasteiger partial charge in [0.05, 0.1) is 6.10 Å². The number of anilines is 1. The molecule has 1 fully saturated rings. The van der Waals surface area contributed by atoms with Gasteiger partial charge < -0.3 is 10.0 Å². The largest absolute Gasteiger partial charge is 0.391 e. The molecule has 5 heteroatoms. The second-order valence-corrected chi connectivity index (χ2v) is 4.84. The number of β-amino-alcohol motifs (C(OH)–C–C–N with tert-alkyl or cyclic N) is 1. The molecule has 2 rings (SSSR count). The van der Waals surface area contributed by atoms with E-state index in [0.717, 1.165) is 24.1 Å². The number of likely N-dealkylation sites (tertiary alicyclic amines) is 1. The van der Waals surface area contributed by atoms with Gasteiger partial charge in [-0.1, -0.05) is 0 Å². The summed E-state index contributed by atoms with van der Waals surface area (Å²) >= 11 is 0. The molecule has 5 nitrogen and oxygen atoms in total. The number of aliphatic hydroxyl groups excluding tert-OH is 1. The predicted molar refractivity (Wildman–Crippen MR) is 69.5 cm³/mol. The zero-order valence-electron chi connectivity index (χ0n) is 10.8. The molecule has 0 bridgehead atoms. The summed E-state index contributed by atoms with van der Waals surface area (Å²) in [5.41, 5.74) is 1.94. The van der Waals surface area contributed by atoms with Gasteiger partial charge in [-0.05, 0) is 44.4 Å². The van der Waals surface area contributed by atoms with Gasteiger partial charge in [0, 0.05) is 18.8 Å². The molecule has 2 heterocycles. The monoisotopic (exact) mass is 249 g/mol. The molecule has 1 aromatic rings. The summed E-state index contributed by atoms with van der Waals surface area (Å²) in [6.07, 6.45) is 1.21. The minimum atomic E-state index is -0.406. The summed E-state index contributed by atoms with van der Waals surface area (Å²) < 4.78 is 0. The summed E-state index contributed by atoms with van der Waals surface area (Å²) in [5.74, 6) is 0.567. The Balaban J connectivity index is 2.02. The molecule has 0 aromatic carbocycles. The van der Waals surface area contributed by atoms with Crippen molar-refractivity contribution in [2.75, 3.05) is 18.4 Å². The van der Waals surface area contributed by atoms with Crippen molar-refractivity contribution >= 4 is 11.8 Å². The molecule has 1 saturated heterocycles. The Morgan fingerprint density at radius 2 is 2.28 bits per heavy atom. The molecule has 0 spiro atoms. The molecule has 1 aliphatic rings. The Morgan fingerprint density at radius 1 is 1.50 bits per heavy atom. The van der Waals surface area contributed by atoms with Crippen LogP contribution < -0.4 is 5.32 Å². The molecule has 1 atom stereocenters. The quantitative estimate of drug-likeness (QED) is 0.796. The number of aromatic nitrogens is 1. The normalized spacial score (nSPS) is 19.7. The van der Waals surface area contributed by atoms with Crippen LogP contribution in [0.3, 0.4) is 0 Å². The van der Waals surface area contributed by atoms with Crippen molar-refractivity contribution in [3.8, 4) is 0 Å². The van der Waals surface area contributed by atoms with Crippen LogP contribution in [0.25, 0.3) is 0 Å². The third-order valence-electron chi connectivity index (χ3n) is 3.02. The van der Waals surface area contributed by atoms with Gasteiger partial charge in [0.1, 0.15) is 5.82 Å². The van der Waals surface area contributed by atoms with E-state index in [-0.39, 0.29) is 6.03 Å². The molecule has 2 N–H and O–H groups in total. The average molecular weight is 249 g/mol. The first-order chi connectivity index (χ1) is 8.54. The van der Waals surface area contributed by atoms with Crippen LogP contribution in [0, 0.1) is 13.8 Å². The number of piperidine rings is 1. The number of aryl methyl sites for hydroxylation is 2. The first-order valence-corrected chi connectivity index (χ1v) is 6.24. The van der Waals surface area contributed by atoms with E-state index in [0.29, 0.717) is 18.9 Å². The molecule has 18 heavy (non-hydrogen) atoms. The van der Waals surface area contributed by atoms with E-state index in [1.165, 1.54) is 0 Å². The lowest BCUT2D eigenvalue weighted by molar-refractivity contribution is 0.0883. The van der Waals surface area contributed by atoms with E-state index < -0.39 is 6.10 Å². The number of hydrogen-bond acceptors (Lipinski definition) is 3. The third kappa shape index (κ3) is 3.20. The fourth-order valence-electron chi connectivity index (χ4n) is 2.23. The minimum Gasteiger partial charge on any atom is -0.391 e. The Labute approximate surface area is 107 Å². The van der Waals surface area contributed by atoms with E-state index >= 15 is 0 Å². The van der Waals surface area contributed by atoms with Gasteiger partial charge in [0.2, 0.25) is 0 Å². The van der Waals surface area contributed by atoms with Crippen LogP contribution in [-0.4, -0.2) is 40.2 Å². The summed E-state index contributed by atoms with van der Waals surface area (Å²) in [7, 11) is 0. The highest BCUT2D eigenvalue weighted by Gasteiger charge is 2.22. The number of hydrogen-bond donors (Lipinski definition) is 2. The summed E-state index contributed by atoms with van der Waals surface area (Å²) in [6.45, 7) is 4.95. The smallest absolute Gasteiger partial charge is 0.323 e. The van der Waals surface area contributed by atoms with Crippen molar-refractivity contribution in [2.45, 2.75) is 32.8 Å². The van der Waals surface area contributed by atoms with Gasteiger partial charge in [0.15, 0.2) is 0 Å². The molecule has 0 saturated carbocycles. The molecular formula is C13H19N3O2. The van der Waals surface area contributed by atoms with E-state index in [2.05, 4.69) is 10.3 Å². The van der Waals surface area contributed by atoms with Crippen molar-refractivity contribution in [1.29, 1.82) is 0 Å². The Hall–Kier alpha value is -1.62. The Kier molecular flexibility index (Phi) is 3.81. The molecule has 1 aliphatic heterocycles. The molecule has 2 amide bonds. The zero-order chi connectivity index (χ0) is 13.1. The maximum atomic E-state index is 12.0. The van der Waals surface area contributed by atoms with Crippen molar-refractivity contribution in [2.24, 2.45) is 0 Å². The number of amides is 2. The van der Waals surface area contributed by atoms with Crippen molar-refractivity contribution in [1.82, 2.24) is 9.88 Å². The van der Waals surface area contributed by atoms with Gasteiger partial charge in [-0.3, -0.25) is 5.32 Å². The maximum Gasteiger partial charge on any atom is 0.323 e. The van der Waals surface area contributed by atoms with E-state index in [1.807, 2.05) is 26.0 Å². The highest BCUT2D eigenvalue weighted by atomic mass is 16.3. The second kappa shape index (κ2) is 5.35. The fraction of sp³-hybridized carbons (Fsp3) is 0.538. The number of pyridine rings is 1. The lowest BCUT2D eigenvalue weighted by Gasteiger charge is -2.30. The topological polar surface area (TPSA) is 65.5 Å². The summed E-state index contributed by atoms with van der Waals surface area (Å²) in [4.78, 5) is 17.9. The second-order valence-electron chi connectivity index (χ2n) is 4.84. The maximum absolute atomic E-state index is 12.0.